The van der Waals surface area contributed by atoms with E-state index in [4.69, 9.17) is 9.47 Å². The van der Waals surface area contributed by atoms with Crippen molar-refractivity contribution in [1.82, 2.24) is 0 Å². The third-order valence-electron chi connectivity index (χ3n) is 2.32. The van der Waals surface area contributed by atoms with E-state index in [9.17, 15) is 4.79 Å². The van der Waals surface area contributed by atoms with Gasteiger partial charge in [0.2, 0.25) is 0 Å². The fourth-order valence-corrected chi connectivity index (χ4v) is 1.49. The van der Waals surface area contributed by atoms with Crippen LogP contribution in [0.1, 0.15) is 12.8 Å². The van der Waals surface area contributed by atoms with Gasteiger partial charge in [-0.15, -0.1) is 0 Å². The molecule has 0 bridgehead atoms. The maximum atomic E-state index is 11.2. The molecule has 0 N–H and O–H groups in total. The van der Waals surface area contributed by atoms with Crippen molar-refractivity contribution in [1.29, 1.82) is 0 Å². The van der Waals surface area contributed by atoms with Crippen LogP contribution in [0.25, 0.3) is 0 Å². The Morgan fingerprint density at radius 2 is 2.23 bits per heavy atom. The summed E-state index contributed by atoms with van der Waals surface area (Å²) < 4.78 is 15.2. The lowest BCUT2D eigenvalue weighted by Crippen LogP contribution is -2.24. The van der Waals surface area contributed by atoms with Gasteiger partial charge in [-0.1, -0.05) is 0 Å². The van der Waals surface area contributed by atoms with Crippen LogP contribution in [-0.2, 0) is 19.0 Å². The number of rotatable bonds is 2. The monoisotopic (exact) mass is 188 g/mol. The summed E-state index contributed by atoms with van der Waals surface area (Å²) in [5, 5.41) is 0. The van der Waals surface area contributed by atoms with Crippen molar-refractivity contribution < 1.29 is 19.0 Å². The second kappa shape index (κ2) is 5.19. The normalized spacial score (nSPS) is 29.4. The first-order valence-electron chi connectivity index (χ1n) is 4.46. The highest BCUT2D eigenvalue weighted by atomic mass is 16.5. The molecular formula is C9H16O4. The van der Waals surface area contributed by atoms with Gasteiger partial charge in [0.15, 0.2) is 0 Å². The molecule has 0 aromatic rings. The van der Waals surface area contributed by atoms with Crippen LogP contribution in [0.5, 0.6) is 0 Å². The molecule has 1 saturated heterocycles. The first-order chi connectivity index (χ1) is 6.27. The lowest BCUT2D eigenvalue weighted by molar-refractivity contribution is -0.148. The van der Waals surface area contributed by atoms with E-state index in [1.807, 2.05) is 0 Å². The van der Waals surface area contributed by atoms with E-state index in [1.165, 1.54) is 7.11 Å². The Bertz CT molecular complexity index is 169. The standard InChI is InChI=1S/C9H16O4/c1-11-8-3-4-13-6-7(5-8)9(10)12-2/h7-8H,3-6H2,1-2H3/t7-,8-/m1/s1. The zero-order valence-electron chi connectivity index (χ0n) is 8.12. The van der Waals surface area contributed by atoms with Gasteiger partial charge in [0.1, 0.15) is 0 Å². The zero-order valence-corrected chi connectivity index (χ0v) is 8.12. The Morgan fingerprint density at radius 1 is 1.46 bits per heavy atom. The Morgan fingerprint density at radius 3 is 2.85 bits per heavy atom. The van der Waals surface area contributed by atoms with Crippen LogP contribution in [0.3, 0.4) is 0 Å². The molecular weight excluding hydrogens is 172 g/mol. The van der Waals surface area contributed by atoms with E-state index in [1.54, 1.807) is 7.11 Å². The average Bonchev–Trinajstić information content (AvgIpc) is 2.41. The molecule has 0 aromatic heterocycles. The molecule has 2 atom stereocenters. The van der Waals surface area contributed by atoms with Crippen molar-refractivity contribution in [2.24, 2.45) is 5.92 Å². The van der Waals surface area contributed by atoms with Crippen molar-refractivity contribution in [2.45, 2.75) is 18.9 Å². The Labute approximate surface area is 78.2 Å². The van der Waals surface area contributed by atoms with E-state index in [0.717, 1.165) is 6.42 Å². The number of hydrogen-bond acceptors (Lipinski definition) is 4. The molecule has 0 saturated carbocycles. The van der Waals surface area contributed by atoms with Crippen LogP contribution >= 0.6 is 0 Å². The van der Waals surface area contributed by atoms with E-state index < -0.39 is 0 Å². The molecule has 0 radical (unpaired) electrons. The summed E-state index contributed by atoms with van der Waals surface area (Å²) in [5.74, 6) is -0.374. The van der Waals surface area contributed by atoms with Gasteiger partial charge in [-0.25, -0.2) is 0 Å². The second-order valence-corrected chi connectivity index (χ2v) is 3.18. The summed E-state index contributed by atoms with van der Waals surface area (Å²) in [7, 11) is 3.05. The van der Waals surface area contributed by atoms with Gasteiger partial charge >= 0.3 is 5.97 Å². The molecule has 1 aliphatic heterocycles. The van der Waals surface area contributed by atoms with Crippen LogP contribution < -0.4 is 0 Å². The number of carbonyl (C=O) groups is 1. The highest BCUT2D eigenvalue weighted by Crippen LogP contribution is 2.18. The fraction of sp³-hybridized carbons (Fsp3) is 0.889. The third kappa shape index (κ3) is 2.97. The molecule has 4 heteroatoms. The number of esters is 1. The summed E-state index contributed by atoms with van der Waals surface area (Å²) in [4.78, 5) is 11.2. The van der Waals surface area contributed by atoms with Crippen LogP contribution in [-0.4, -0.2) is 39.5 Å². The van der Waals surface area contributed by atoms with Crippen molar-refractivity contribution in [3.8, 4) is 0 Å². The predicted octanol–water partition coefficient (Wildman–Crippen LogP) is 0.601. The minimum atomic E-state index is -0.205. The summed E-state index contributed by atoms with van der Waals surface area (Å²) in [6.07, 6.45) is 1.67. The highest BCUT2D eigenvalue weighted by Gasteiger charge is 2.26. The predicted molar refractivity (Wildman–Crippen MR) is 46.4 cm³/mol. The van der Waals surface area contributed by atoms with E-state index >= 15 is 0 Å². The first kappa shape index (κ1) is 10.5. The maximum absolute atomic E-state index is 11.2. The molecule has 4 nitrogen and oxygen atoms in total. The molecule has 0 aliphatic carbocycles. The first-order valence-corrected chi connectivity index (χ1v) is 4.46. The topological polar surface area (TPSA) is 44.8 Å². The molecule has 0 spiro atoms. The largest absolute Gasteiger partial charge is 0.469 e. The Kier molecular flexibility index (Phi) is 4.18. The molecule has 13 heavy (non-hydrogen) atoms. The van der Waals surface area contributed by atoms with Crippen molar-refractivity contribution in [2.75, 3.05) is 27.4 Å². The van der Waals surface area contributed by atoms with Gasteiger partial charge < -0.3 is 14.2 Å². The zero-order chi connectivity index (χ0) is 9.68. The number of carbonyl (C=O) groups excluding carboxylic acids is 1. The molecule has 1 aliphatic rings. The SMILES string of the molecule is COC(=O)[C@H]1COCC[C@@H](OC)C1. The highest BCUT2D eigenvalue weighted by molar-refractivity contribution is 5.72. The van der Waals surface area contributed by atoms with Crippen LogP contribution in [0.15, 0.2) is 0 Å². The molecule has 1 heterocycles. The van der Waals surface area contributed by atoms with Gasteiger partial charge in [-0.3, -0.25) is 4.79 Å². The van der Waals surface area contributed by atoms with Gasteiger partial charge in [0.25, 0.3) is 0 Å². The van der Waals surface area contributed by atoms with E-state index in [-0.39, 0.29) is 18.0 Å². The van der Waals surface area contributed by atoms with Crippen molar-refractivity contribution in [3.05, 3.63) is 0 Å². The quantitative estimate of drug-likeness (QED) is 0.595. The van der Waals surface area contributed by atoms with Gasteiger partial charge in [0.05, 0.1) is 25.7 Å². The summed E-state index contributed by atoms with van der Waals surface area (Å²) >= 11 is 0. The minimum Gasteiger partial charge on any atom is -0.469 e. The molecule has 0 aromatic carbocycles. The molecule has 0 amide bonds. The molecule has 1 rings (SSSR count). The number of hydrogen-bond donors (Lipinski definition) is 0. The summed E-state index contributed by atoms with van der Waals surface area (Å²) in [5.41, 5.74) is 0. The number of ether oxygens (including phenoxy) is 3. The molecule has 1 fully saturated rings. The van der Waals surface area contributed by atoms with E-state index in [0.29, 0.717) is 19.6 Å². The maximum Gasteiger partial charge on any atom is 0.311 e. The van der Waals surface area contributed by atoms with Crippen LogP contribution in [0, 0.1) is 5.92 Å². The minimum absolute atomic E-state index is 0.117. The van der Waals surface area contributed by atoms with Crippen molar-refractivity contribution in [3.63, 3.8) is 0 Å². The summed E-state index contributed by atoms with van der Waals surface area (Å²) in [6, 6.07) is 0. The smallest absolute Gasteiger partial charge is 0.311 e. The lowest BCUT2D eigenvalue weighted by Gasteiger charge is -2.15. The molecule has 76 valence electrons. The van der Waals surface area contributed by atoms with Crippen LogP contribution in [0.2, 0.25) is 0 Å². The lowest BCUT2D eigenvalue weighted by atomic mass is 10.0. The van der Waals surface area contributed by atoms with Gasteiger partial charge in [-0.2, -0.15) is 0 Å². The second-order valence-electron chi connectivity index (χ2n) is 3.18. The van der Waals surface area contributed by atoms with Crippen LogP contribution in [0.4, 0.5) is 0 Å². The number of methoxy groups -OCH3 is 2. The third-order valence-corrected chi connectivity index (χ3v) is 2.32. The molecule has 0 unspecified atom stereocenters. The fourth-order valence-electron chi connectivity index (χ4n) is 1.49. The Hall–Kier alpha value is -0.610. The average molecular weight is 188 g/mol. The summed E-state index contributed by atoms with van der Waals surface area (Å²) in [6.45, 7) is 1.11. The van der Waals surface area contributed by atoms with Gasteiger partial charge in [-0.05, 0) is 12.8 Å². The van der Waals surface area contributed by atoms with Gasteiger partial charge in [0, 0.05) is 13.7 Å². The van der Waals surface area contributed by atoms with E-state index in [2.05, 4.69) is 4.74 Å². The van der Waals surface area contributed by atoms with Crippen molar-refractivity contribution >= 4 is 5.97 Å². The Balaban J connectivity index is 2.48.